The molecule has 1 aromatic heterocycles. The molecule has 1 heterocycles. The van der Waals surface area contributed by atoms with E-state index in [9.17, 15) is 13.6 Å². The van der Waals surface area contributed by atoms with Gasteiger partial charge in [0.25, 0.3) is 0 Å². The first-order chi connectivity index (χ1) is 11.6. The fraction of sp³-hybridized carbons (Fsp3) is 0.0556. The van der Waals surface area contributed by atoms with Gasteiger partial charge in [-0.1, -0.05) is 30.3 Å². The summed E-state index contributed by atoms with van der Waals surface area (Å²) in [7, 11) is 0. The van der Waals surface area contributed by atoms with Gasteiger partial charge in [0.05, 0.1) is 5.56 Å². The van der Waals surface area contributed by atoms with E-state index in [1.165, 1.54) is 11.4 Å². The van der Waals surface area contributed by atoms with Gasteiger partial charge < -0.3 is 9.84 Å². The van der Waals surface area contributed by atoms with E-state index in [1.807, 2.05) is 30.3 Å². The molecule has 0 aliphatic carbocycles. The molecule has 3 aromatic rings. The predicted octanol–water partition coefficient (Wildman–Crippen LogP) is 4.97. The number of rotatable bonds is 5. The van der Waals surface area contributed by atoms with Crippen LogP contribution in [0.2, 0.25) is 0 Å². The monoisotopic (exact) mass is 346 g/mol. The topological polar surface area (TPSA) is 46.5 Å². The Morgan fingerprint density at radius 3 is 2.38 bits per heavy atom. The van der Waals surface area contributed by atoms with Crippen LogP contribution in [0.1, 0.15) is 15.2 Å². The fourth-order valence-electron chi connectivity index (χ4n) is 2.30. The lowest BCUT2D eigenvalue weighted by Gasteiger charge is -2.10. The number of carboxylic acids is 1. The SMILES string of the molecule is O=C(O)c1sccc1-c1c(F)cc(OCc2ccccc2)cc1F. The van der Waals surface area contributed by atoms with Gasteiger partial charge in [0.2, 0.25) is 0 Å². The van der Waals surface area contributed by atoms with E-state index in [0.717, 1.165) is 29.0 Å². The van der Waals surface area contributed by atoms with Gasteiger partial charge in [-0.2, -0.15) is 0 Å². The molecular weight excluding hydrogens is 334 g/mol. The summed E-state index contributed by atoms with van der Waals surface area (Å²) in [6.45, 7) is 0.178. The summed E-state index contributed by atoms with van der Waals surface area (Å²) in [5.74, 6) is -2.90. The van der Waals surface area contributed by atoms with Crippen molar-refractivity contribution < 1.29 is 23.4 Å². The third kappa shape index (κ3) is 3.28. The van der Waals surface area contributed by atoms with Gasteiger partial charge in [0.15, 0.2) is 0 Å². The van der Waals surface area contributed by atoms with E-state index in [0.29, 0.717) is 0 Å². The first kappa shape index (κ1) is 16.1. The summed E-state index contributed by atoms with van der Waals surface area (Å²) < 4.78 is 34.1. The molecule has 0 aliphatic heterocycles. The highest BCUT2D eigenvalue weighted by molar-refractivity contribution is 7.12. The van der Waals surface area contributed by atoms with Crippen molar-refractivity contribution in [3.8, 4) is 16.9 Å². The zero-order valence-electron chi connectivity index (χ0n) is 12.3. The maximum Gasteiger partial charge on any atom is 0.346 e. The van der Waals surface area contributed by atoms with E-state index in [2.05, 4.69) is 0 Å². The molecule has 0 fully saturated rings. The van der Waals surface area contributed by atoms with Crippen molar-refractivity contribution in [1.29, 1.82) is 0 Å². The first-order valence-electron chi connectivity index (χ1n) is 7.03. The number of hydrogen-bond acceptors (Lipinski definition) is 3. The molecule has 0 bridgehead atoms. The van der Waals surface area contributed by atoms with Crippen LogP contribution < -0.4 is 4.74 Å². The Bertz CT molecular complexity index is 852. The number of aromatic carboxylic acids is 1. The number of carbonyl (C=O) groups is 1. The Balaban J connectivity index is 1.89. The van der Waals surface area contributed by atoms with Gasteiger partial charge in [0.1, 0.15) is 28.9 Å². The van der Waals surface area contributed by atoms with Crippen LogP contribution in [0.4, 0.5) is 8.78 Å². The van der Waals surface area contributed by atoms with Gasteiger partial charge >= 0.3 is 5.97 Å². The Morgan fingerprint density at radius 2 is 1.75 bits per heavy atom. The van der Waals surface area contributed by atoms with Crippen LogP contribution in [0, 0.1) is 11.6 Å². The molecule has 0 radical (unpaired) electrons. The van der Waals surface area contributed by atoms with Crippen LogP contribution in [-0.4, -0.2) is 11.1 Å². The standard InChI is InChI=1S/C18H12F2O3S/c19-14-8-12(23-10-11-4-2-1-3-5-11)9-15(20)16(14)13-6-7-24-17(13)18(21)22/h1-9H,10H2,(H,21,22). The van der Waals surface area contributed by atoms with Crippen LogP contribution in [0.15, 0.2) is 53.9 Å². The van der Waals surface area contributed by atoms with Crippen molar-refractivity contribution in [3.63, 3.8) is 0 Å². The minimum atomic E-state index is -1.22. The van der Waals surface area contributed by atoms with Crippen LogP contribution in [-0.2, 0) is 6.61 Å². The number of benzene rings is 2. The number of carboxylic acid groups (broad SMARTS) is 1. The van der Waals surface area contributed by atoms with E-state index in [4.69, 9.17) is 9.84 Å². The second-order valence-electron chi connectivity index (χ2n) is 5.00. The maximum absolute atomic E-state index is 14.3. The second-order valence-corrected chi connectivity index (χ2v) is 5.92. The largest absolute Gasteiger partial charge is 0.489 e. The van der Waals surface area contributed by atoms with Gasteiger partial charge in [-0.25, -0.2) is 13.6 Å². The van der Waals surface area contributed by atoms with Crippen molar-refractivity contribution in [2.24, 2.45) is 0 Å². The average molecular weight is 346 g/mol. The minimum Gasteiger partial charge on any atom is -0.489 e. The highest BCUT2D eigenvalue weighted by Crippen LogP contribution is 2.34. The van der Waals surface area contributed by atoms with Gasteiger partial charge in [-0.05, 0) is 17.0 Å². The Labute approximate surface area is 140 Å². The predicted molar refractivity (Wildman–Crippen MR) is 87.4 cm³/mol. The van der Waals surface area contributed by atoms with Crippen LogP contribution in [0.3, 0.4) is 0 Å². The molecule has 3 nitrogen and oxygen atoms in total. The van der Waals surface area contributed by atoms with Gasteiger partial charge in [-0.3, -0.25) is 0 Å². The number of ether oxygens (including phenoxy) is 1. The number of halogens is 2. The summed E-state index contributed by atoms with van der Waals surface area (Å²) in [5, 5.41) is 10.6. The van der Waals surface area contributed by atoms with Crippen LogP contribution in [0.25, 0.3) is 11.1 Å². The molecule has 0 atom stereocenters. The highest BCUT2D eigenvalue weighted by Gasteiger charge is 2.21. The normalized spacial score (nSPS) is 10.6. The summed E-state index contributed by atoms with van der Waals surface area (Å²) in [6, 6.07) is 12.7. The lowest BCUT2D eigenvalue weighted by atomic mass is 10.0. The molecule has 2 aromatic carbocycles. The third-order valence-electron chi connectivity index (χ3n) is 3.39. The minimum absolute atomic E-state index is 0.0251. The lowest BCUT2D eigenvalue weighted by molar-refractivity contribution is 0.0703. The molecular formula is C18H12F2O3S. The Morgan fingerprint density at radius 1 is 1.08 bits per heavy atom. The van der Waals surface area contributed by atoms with E-state index in [1.54, 1.807) is 0 Å². The van der Waals surface area contributed by atoms with Gasteiger partial charge in [-0.15, -0.1) is 11.3 Å². The number of hydrogen-bond donors (Lipinski definition) is 1. The van der Waals surface area contributed by atoms with Crippen molar-refractivity contribution in [2.45, 2.75) is 6.61 Å². The molecule has 6 heteroatoms. The molecule has 0 saturated carbocycles. The molecule has 122 valence electrons. The number of thiophene rings is 1. The van der Waals surface area contributed by atoms with Crippen molar-refractivity contribution in [3.05, 3.63) is 76.0 Å². The molecule has 0 saturated heterocycles. The summed E-state index contributed by atoms with van der Waals surface area (Å²) in [4.78, 5) is 11.0. The maximum atomic E-state index is 14.3. The van der Waals surface area contributed by atoms with E-state index in [-0.39, 0.29) is 28.4 Å². The van der Waals surface area contributed by atoms with E-state index >= 15 is 0 Å². The zero-order valence-corrected chi connectivity index (χ0v) is 13.1. The van der Waals surface area contributed by atoms with E-state index < -0.39 is 17.6 Å². The summed E-state index contributed by atoms with van der Waals surface area (Å²) in [5.41, 5.74) is 0.534. The van der Waals surface area contributed by atoms with Crippen molar-refractivity contribution in [2.75, 3.05) is 0 Å². The molecule has 3 rings (SSSR count). The molecule has 0 spiro atoms. The highest BCUT2D eigenvalue weighted by atomic mass is 32.1. The molecule has 0 amide bonds. The van der Waals surface area contributed by atoms with Crippen LogP contribution in [0.5, 0.6) is 5.75 Å². The second kappa shape index (κ2) is 6.80. The molecule has 24 heavy (non-hydrogen) atoms. The quantitative estimate of drug-likeness (QED) is 0.709. The first-order valence-corrected chi connectivity index (χ1v) is 7.91. The molecule has 0 unspecified atom stereocenters. The smallest absolute Gasteiger partial charge is 0.346 e. The summed E-state index contributed by atoms with van der Waals surface area (Å²) >= 11 is 0.918. The lowest BCUT2D eigenvalue weighted by Crippen LogP contribution is -2.00. The Kier molecular flexibility index (Phi) is 4.57. The Hall–Kier alpha value is -2.73. The zero-order chi connectivity index (χ0) is 17.1. The van der Waals surface area contributed by atoms with Crippen molar-refractivity contribution in [1.82, 2.24) is 0 Å². The van der Waals surface area contributed by atoms with Crippen LogP contribution >= 0.6 is 11.3 Å². The summed E-state index contributed by atoms with van der Waals surface area (Å²) in [6.07, 6.45) is 0. The van der Waals surface area contributed by atoms with Crippen molar-refractivity contribution >= 4 is 17.3 Å². The molecule has 1 N–H and O–H groups in total. The van der Waals surface area contributed by atoms with Gasteiger partial charge in [0, 0.05) is 17.7 Å². The third-order valence-corrected chi connectivity index (χ3v) is 4.30. The fourth-order valence-corrected chi connectivity index (χ4v) is 3.04. The molecule has 0 aliphatic rings. The average Bonchev–Trinajstić information content (AvgIpc) is 3.03.